The summed E-state index contributed by atoms with van der Waals surface area (Å²) in [6, 6.07) is 13.6. The number of alkyl halides is 3. The molecule has 3 aromatic heterocycles. The number of rotatable bonds is 6. The van der Waals surface area contributed by atoms with Crippen molar-refractivity contribution in [3.05, 3.63) is 88.1 Å². The van der Waals surface area contributed by atoms with Gasteiger partial charge in [0.25, 0.3) is 15.6 Å². The molecule has 2 N–H and O–H groups in total. The van der Waals surface area contributed by atoms with Crippen molar-refractivity contribution in [1.82, 2.24) is 24.7 Å². The van der Waals surface area contributed by atoms with Crippen LogP contribution < -0.4 is 10.3 Å². The predicted octanol–water partition coefficient (Wildman–Crippen LogP) is 4.83. The summed E-state index contributed by atoms with van der Waals surface area (Å²) >= 11 is 1.06. The number of anilines is 1. The number of nitrogens with zero attached hydrogens (tertiary/aromatic N) is 5. The van der Waals surface area contributed by atoms with Crippen LogP contribution >= 0.6 is 11.3 Å². The molecule has 0 radical (unpaired) electrons. The molecule has 10 nitrogen and oxygen atoms in total. The van der Waals surface area contributed by atoms with Crippen molar-refractivity contribution < 1.29 is 21.6 Å². The molecule has 0 aliphatic heterocycles. The van der Waals surface area contributed by atoms with Gasteiger partial charge in [-0.1, -0.05) is 23.5 Å². The molecule has 5 aromatic rings. The van der Waals surface area contributed by atoms with Gasteiger partial charge in [-0.2, -0.15) is 17.9 Å². The summed E-state index contributed by atoms with van der Waals surface area (Å²) < 4.78 is 70.8. The summed E-state index contributed by atoms with van der Waals surface area (Å²) in [5.74, 6) is -0.107. The largest absolute Gasteiger partial charge is 0.433 e. The van der Waals surface area contributed by atoms with Gasteiger partial charge in [0.1, 0.15) is 0 Å². The number of benzene rings is 2. The summed E-state index contributed by atoms with van der Waals surface area (Å²) in [5.41, 5.74) is -1.88. The molecule has 0 amide bonds. The highest BCUT2D eigenvalue weighted by Gasteiger charge is 2.39. The van der Waals surface area contributed by atoms with Gasteiger partial charge in [-0.05, 0) is 56.3 Å². The molecule has 0 fully saturated rings. The van der Waals surface area contributed by atoms with Crippen LogP contribution in [0.4, 0.5) is 24.8 Å². The Balaban J connectivity index is 1.49. The number of aromatic nitrogens is 5. The van der Waals surface area contributed by atoms with Crippen molar-refractivity contribution in [1.29, 1.82) is 0 Å². The third kappa shape index (κ3) is 5.31. The number of fused-ring (bicyclic) bond motifs is 1. The van der Waals surface area contributed by atoms with Gasteiger partial charge < -0.3 is 0 Å². The Hall–Kier alpha value is -4.37. The monoisotopic (exact) mass is 573 g/mol. The van der Waals surface area contributed by atoms with Crippen LogP contribution in [0.2, 0.25) is 0 Å². The number of aliphatic imine (C=N–C) groups is 1. The second-order valence-electron chi connectivity index (χ2n) is 8.28. The third-order valence-corrected chi connectivity index (χ3v) is 7.84. The molecule has 200 valence electrons. The average Bonchev–Trinajstić information content (AvgIpc) is 3.45. The molecule has 15 heteroatoms. The van der Waals surface area contributed by atoms with Gasteiger partial charge in [0.2, 0.25) is 11.1 Å². The van der Waals surface area contributed by atoms with Gasteiger partial charge >= 0.3 is 6.18 Å². The standard InChI is InChI=1S/C24H18F3N7O3S2/c1-13-11-12-28-22(29-13)33-39(36,37)16-9-7-15(8-10-16)30-14(2)19-20(24(25,26)27)32-34(21(19)35)23-31-17-5-3-4-6-18(17)38-23/h3-12,32H,1-2H3,(H,28,29,33). The fourth-order valence-corrected chi connectivity index (χ4v) is 5.57. The molecular weight excluding hydrogens is 555 g/mol. The van der Waals surface area contributed by atoms with Crippen molar-refractivity contribution in [3.8, 4) is 5.13 Å². The van der Waals surface area contributed by atoms with E-state index in [1.807, 2.05) is 0 Å². The van der Waals surface area contributed by atoms with Crippen LogP contribution in [0.1, 0.15) is 23.9 Å². The van der Waals surface area contributed by atoms with Gasteiger partial charge in [0, 0.05) is 11.9 Å². The molecule has 0 saturated carbocycles. The lowest BCUT2D eigenvalue weighted by Gasteiger charge is -2.08. The van der Waals surface area contributed by atoms with E-state index < -0.39 is 33.0 Å². The van der Waals surface area contributed by atoms with E-state index in [2.05, 4.69) is 29.8 Å². The highest BCUT2D eigenvalue weighted by atomic mass is 32.2. The molecule has 5 rings (SSSR count). The quantitative estimate of drug-likeness (QED) is 0.279. The zero-order valence-corrected chi connectivity index (χ0v) is 21.8. The van der Waals surface area contributed by atoms with E-state index in [0.717, 1.165) is 16.0 Å². The smallest absolute Gasteiger partial charge is 0.284 e. The fraction of sp³-hybridized carbons (Fsp3) is 0.125. The zero-order valence-electron chi connectivity index (χ0n) is 20.2. The SMILES string of the molecule is CC(=Nc1ccc(S(=O)(=O)Nc2nccc(C)n2)cc1)c1c(C(F)(F)F)[nH]n(-c2nc3ccccc3s2)c1=O. The van der Waals surface area contributed by atoms with E-state index in [9.17, 15) is 26.4 Å². The number of para-hydroxylation sites is 1. The van der Waals surface area contributed by atoms with Crippen LogP contribution in [-0.4, -0.2) is 38.9 Å². The Morgan fingerprint density at radius 2 is 1.79 bits per heavy atom. The molecule has 0 atom stereocenters. The van der Waals surface area contributed by atoms with Crippen LogP contribution in [0.3, 0.4) is 0 Å². The molecule has 0 saturated heterocycles. The first-order valence-corrected chi connectivity index (χ1v) is 13.5. The maximum atomic E-state index is 13.9. The van der Waals surface area contributed by atoms with E-state index in [4.69, 9.17) is 0 Å². The summed E-state index contributed by atoms with van der Waals surface area (Å²) in [6.45, 7) is 2.95. The molecule has 0 aliphatic carbocycles. The van der Waals surface area contributed by atoms with Gasteiger partial charge in [0.15, 0.2) is 5.69 Å². The first-order chi connectivity index (χ1) is 18.4. The lowest BCUT2D eigenvalue weighted by atomic mass is 10.1. The van der Waals surface area contributed by atoms with Crippen LogP contribution in [0.25, 0.3) is 15.3 Å². The van der Waals surface area contributed by atoms with E-state index in [1.54, 1.807) is 37.3 Å². The second-order valence-corrected chi connectivity index (χ2v) is 11.0. The van der Waals surface area contributed by atoms with Gasteiger partial charge in [-0.15, -0.1) is 0 Å². The minimum absolute atomic E-state index is 0.0467. The number of aromatic amines is 1. The molecule has 3 heterocycles. The normalized spacial score (nSPS) is 12.7. The minimum atomic E-state index is -4.88. The predicted molar refractivity (Wildman–Crippen MR) is 140 cm³/mol. The number of halogens is 3. The zero-order chi connectivity index (χ0) is 27.9. The molecule has 0 unspecified atom stereocenters. The number of aryl methyl sites for hydroxylation is 1. The minimum Gasteiger partial charge on any atom is -0.284 e. The number of sulfonamides is 1. The van der Waals surface area contributed by atoms with E-state index in [0.29, 0.717) is 15.9 Å². The molecule has 0 spiro atoms. The molecule has 0 bridgehead atoms. The molecule has 0 aliphatic rings. The maximum absolute atomic E-state index is 13.9. The summed E-state index contributed by atoms with van der Waals surface area (Å²) in [6.07, 6.45) is -3.48. The second kappa shape index (κ2) is 9.74. The Labute approximate surface area is 223 Å². The number of H-pyrrole nitrogens is 1. The highest BCUT2D eigenvalue weighted by molar-refractivity contribution is 7.92. The Bertz CT molecular complexity index is 1860. The maximum Gasteiger partial charge on any atom is 0.433 e. The van der Waals surface area contributed by atoms with Gasteiger partial charge in [0.05, 0.1) is 32.1 Å². The van der Waals surface area contributed by atoms with Crippen LogP contribution in [0.5, 0.6) is 0 Å². The first kappa shape index (κ1) is 26.2. The van der Waals surface area contributed by atoms with Gasteiger partial charge in [-0.25, -0.2) is 28.1 Å². The Morgan fingerprint density at radius 1 is 1.08 bits per heavy atom. The van der Waals surface area contributed by atoms with Gasteiger partial charge in [-0.3, -0.25) is 14.9 Å². The number of thiazole rings is 1. The van der Waals surface area contributed by atoms with Crippen molar-refractivity contribution in [2.24, 2.45) is 4.99 Å². The van der Waals surface area contributed by atoms with Crippen LogP contribution in [0.15, 0.2) is 75.5 Å². The average molecular weight is 574 g/mol. The fourth-order valence-electron chi connectivity index (χ4n) is 3.69. The van der Waals surface area contributed by atoms with Crippen molar-refractivity contribution in [3.63, 3.8) is 0 Å². The van der Waals surface area contributed by atoms with Crippen LogP contribution in [-0.2, 0) is 16.2 Å². The first-order valence-electron chi connectivity index (χ1n) is 11.2. The van der Waals surface area contributed by atoms with E-state index in [-0.39, 0.29) is 27.4 Å². The topological polar surface area (TPSA) is 135 Å². The van der Waals surface area contributed by atoms with Crippen molar-refractivity contribution in [2.75, 3.05) is 4.72 Å². The lowest BCUT2D eigenvalue weighted by molar-refractivity contribution is -0.141. The molecule has 2 aromatic carbocycles. The van der Waals surface area contributed by atoms with Crippen molar-refractivity contribution in [2.45, 2.75) is 24.9 Å². The third-order valence-electron chi connectivity index (χ3n) is 5.47. The summed E-state index contributed by atoms with van der Waals surface area (Å²) in [5, 5.41) is 2.18. The highest BCUT2D eigenvalue weighted by Crippen LogP contribution is 2.32. The van der Waals surface area contributed by atoms with Crippen molar-refractivity contribution >= 4 is 48.9 Å². The number of hydrogen-bond donors (Lipinski definition) is 2. The summed E-state index contributed by atoms with van der Waals surface area (Å²) in [7, 11) is -4.04. The lowest BCUT2D eigenvalue weighted by Crippen LogP contribution is -2.20. The molecule has 39 heavy (non-hydrogen) atoms. The van der Waals surface area contributed by atoms with E-state index in [1.165, 1.54) is 37.4 Å². The molecular formula is C24H18F3N7O3S2. The van der Waals surface area contributed by atoms with Crippen LogP contribution in [0, 0.1) is 6.92 Å². The Morgan fingerprint density at radius 3 is 2.46 bits per heavy atom. The van der Waals surface area contributed by atoms with E-state index >= 15 is 0 Å². The number of nitrogens with one attached hydrogen (secondary N) is 2. The number of hydrogen-bond acceptors (Lipinski definition) is 8. The Kier molecular flexibility index (Phi) is 6.56. The summed E-state index contributed by atoms with van der Waals surface area (Å²) in [4.78, 5) is 29.3.